The van der Waals surface area contributed by atoms with Gasteiger partial charge in [0.2, 0.25) is 5.91 Å². The molecule has 1 N–H and O–H groups in total. The molecule has 1 amide bonds. The van der Waals surface area contributed by atoms with E-state index < -0.39 is 0 Å². The number of nitrogens with zero attached hydrogens (tertiary/aromatic N) is 1. The second-order valence-electron chi connectivity index (χ2n) is 4.39. The monoisotopic (exact) mass is 248 g/mol. The summed E-state index contributed by atoms with van der Waals surface area (Å²) in [5, 5.41) is 3.33. The quantitative estimate of drug-likeness (QED) is 0.798. The van der Waals surface area contributed by atoms with Crippen LogP contribution in [0.15, 0.2) is 0 Å². The van der Waals surface area contributed by atoms with Crippen LogP contribution < -0.4 is 5.32 Å². The zero-order chi connectivity index (χ0) is 10.5. The third kappa shape index (κ3) is 3.92. The van der Waals surface area contributed by atoms with Crippen molar-refractivity contribution in [3.63, 3.8) is 0 Å². The summed E-state index contributed by atoms with van der Waals surface area (Å²) in [5.41, 5.74) is 0. The van der Waals surface area contributed by atoms with Gasteiger partial charge in [-0.3, -0.25) is 4.79 Å². The standard InChI is InChI=1S/C11H20N2O2.ClH/c14-11(13-5-7-15-8-6-13)2-1-10-3-4-12-9-10;/h10,12H,1-9H2;1H. The summed E-state index contributed by atoms with van der Waals surface area (Å²) in [5.74, 6) is 1.03. The zero-order valence-corrected chi connectivity index (χ0v) is 10.4. The first-order chi connectivity index (χ1) is 7.36. The Morgan fingerprint density at radius 2 is 2.12 bits per heavy atom. The number of rotatable bonds is 3. The molecule has 16 heavy (non-hydrogen) atoms. The molecule has 5 heteroatoms. The van der Waals surface area contributed by atoms with Crippen LogP contribution in [0.3, 0.4) is 0 Å². The maximum atomic E-state index is 11.8. The van der Waals surface area contributed by atoms with E-state index in [0.717, 1.165) is 38.5 Å². The van der Waals surface area contributed by atoms with Crippen LogP contribution in [0.25, 0.3) is 0 Å². The van der Waals surface area contributed by atoms with Crippen LogP contribution in [-0.2, 0) is 9.53 Å². The van der Waals surface area contributed by atoms with Crippen molar-refractivity contribution in [3.8, 4) is 0 Å². The SMILES string of the molecule is Cl.O=C(CCC1CCNC1)N1CCOCC1. The molecule has 0 aromatic rings. The molecule has 0 bridgehead atoms. The van der Waals surface area contributed by atoms with Gasteiger partial charge in [-0.2, -0.15) is 0 Å². The number of amides is 1. The van der Waals surface area contributed by atoms with Crippen molar-refractivity contribution in [1.29, 1.82) is 0 Å². The van der Waals surface area contributed by atoms with E-state index in [4.69, 9.17) is 4.74 Å². The zero-order valence-electron chi connectivity index (χ0n) is 9.61. The molecule has 4 nitrogen and oxygen atoms in total. The fourth-order valence-electron chi connectivity index (χ4n) is 2.26. The smallest absolute Gasteiger partial charge is 0.222 e. The molecule has 0 radical (unpaired) electrons. The number of halogens is 1. The summed E-state index contributed by atoms with van der Waals surface area (Å²) in [6.07, 6.45) is 2.99. The third-order valence-corrected chi connectivity index (χ3v) is 3.29. The Hall–Kier alpha value is -0.320. The lowest BCUT2D eigenvalue weighted by Crippen LogP contribution is -2.40. The highest BCUT2D eigenvalue weighted by molar-refractivity contribution is 5.85. The summed E-state index contributed by atoms with van der Waals surface area (Å²) in [6.45, 7) is 5.18. The molecule has 0 spiro atoms. The van der Waals surface area contributed by atoms with Crippen LogP contribution >= 0.6 is 12.4 Å². The first-order valence-corrected chi connectivity index (χ1v) is 5.92. The van der Waals surface area contributed by atoms with Crippen LogP contribution in [0.2, 0.25) is 0 Å². The molecule has 1 unspecified atom stereocenters. The molecule has 2 fully saturated rings. The molecular weight excluding hydrogens is 228 g/mol. The summed E-state index contributed by atoms with van der Waals surface area (Å²) in [6, 6.07) is 0. The number of ether oxygens (including phenoxy) is 1. The highest BCUT2D eigenvalue weighted by Gasteiger charge is 2.20. The molecule has 0 saturated carbocycles. The van der Waals surface area contributed by atoms with E-state index in [1.165, 1.54) is 6.42 Å². The van der Waals surface area contributed by atoms with Crippen molar-refractivity contribution < 1.29 is 9.53 Å². The molecule has 2 rings (SSSR count). The number of carbonyl (C=O) groups is 1. The Bertz CT molecular complexity index is 214. The average molecular weight is 249 g/mol. The molecule has 0 aromatic heterocycles. The minimum absolute atomic E-state index is 0. The van der Waals surface area contributed by atoms with Gasteiger partial charge in [0.05, 0.1) is 13.2 Å². The summed E-state index contributed by atoms with van der Waals surface area (Å²) in [4.78, 5) is 13.7. The highest BCUT2D eigenvalue weighted by Crippen LogP contribution is 2.15. The topological polar surface area (TPSA) is 41.6 Å². The van der Waals surface area contributed by atoms with Gasteiger partial charge in [0.1, 0.15) is 0 Å². The average Bonchev–Trinajstić information content (AvgIpc) is 2.80. The molecule has 94 valence electrons. The Morgan fingerprint density at radius 1 is 1.38 bits per heavy atom. The largest absolute Gasteiger partial charge is 0.378 e. The van der Waals surface area contributed by atoms with Crippen molar-refractivity contribution >= 4 is 18.3 Å². The number of morpholine rings is 1. The van der Waals surface area contributed by atoms with E-state index in [9.17, 15) is 4.79 Å². The Labute approximate surface area is 103 Å². The minimum atomic E-state index is 0. The van der Waals surface area contributed by atoms with Crippen LogP contribution in [0.4, 0.5) is 0 Å². The van der Waals surface area contributed by atoms with Crippen molar-refractivity contribution in [1.82, 2.24) is 10.2 Å². The highest BCUT2D eigenvalue weighted by atomic mass is 35.5. The van der Waals surface area contributed by atoms with Gasteiger partial charge in [-0.15, -0.1) is 12.4 Å². The van der Waals surface area contributed by atoms with Crippen molar-refractivity contribution in [2.24, 2.45) is 5.92 Å². The van der Waals surface area contributed by atoms with E-state index >= 15 is 0 Å². The van der Waals surface area contributed by atoms with Crippen molar-refractivity contribution in [3.05, 3.63) is 0 Å². The number of nitrogens with one attached hydrogen (secondary N) is 1. The first kappa shape index (κ1) is 13.7. The molecule has 0 aromatic carbocycles. The Balaban J connectivity index is 0.00000128. The van der Waals surface area contributed by atoms with E-state index in [-0.39, 0.29) is 12.4 Å². The van der Waals surface area contributed by atoms with Gasteiger partial charge in [-0.25, -0.2) is 0 Å². The number of hydrogen-bond donors (Lipinski definition) is 1. The maximum Gasteiger partial charge on any atom is 0.222 e. The van der Waals surface area contributed by atoms with Gasteiger partial charge in [0, 0.05) is 19.5 Å². The molecule has 0 aliphatic carbocycles. The van der Waals surface area contributed by atoms with Crippen LogP contribution in [0, 0.1) is 5.92 Å². The molecule has 1 atom stereocenters. The van der Waals surface area contributed by atoms with Gasteiger partial charge >= 0.3 is 0 Å². The second-order valence-corrected chi connectivity index (χ2v) is 4.39. The minimum Gasteiger partial charge on any atom is -0.378 e. The van der Waals surface area contributed by atoms with Gasteiger partial charge in [0.25, 0.3) is 0 Å². The van der Waals surface area contributed by atoms with Gasteiger partial charge in [-0.1, -0.05) is 0 Å². The summed E-state index contributed by atoms with van der Waals surface area (Å²) >= 11 is 0. The summed E-state index contributed by atoms with van der Waals surface area (Å²) in [7, 11) is 0. The molecule has 2 aliphatic heterocycles. The van der Waals surface area contributed by atoms with E-state index in [0.29, 0.717) is 25.5 Å². The van der Waals surface area contributed by atoms with Crippen molar-refractivity contribution in [2.45, 2.75) is 19.3 Å². The third-order valence-electron chi connectivity index (χ3n) is 3.29. The van der Waals surface area contributed by atoms with Gasteiger partial charge in [-0.05, 0) is 31.8 Å². The predicted molar refractivity (Wildman–Crippen MR) is 64.9 cm³/mol. The first-order valence-electron chi connectivity index (χ1n) is 5.92. The summed E-state index contributed by atoms with van der Waals surface area (Å²) < 4.78 is 5.22. The van der Waals surface area contributed by atoms with Crippen LogP contribution in [0.1, 0.15) is 19.3 Å². The van der Waals surface area contributed by atoms with E-state index in [2.05, 4.69) is 5.32 Å². The predicted octanol–water partition coefficient (Wildman–Crippen LogP) is 0.657. The Kier molecular flexibility index (Phi) is 6.09. The Morgan fingerprint density at radius 3 is 2.75 bits per heavy atom. The molecule has 2 heterocycles. The number of hydrogen-bond acceptors (Lipinski definition) is 3. The molecule has 2 saturated heterocycles. The fraction of sp³-hybridized carbons (Fsp3) is 0.909. The molecular formula is C11H21ClN2O2. The lowest BCUT2D eigenvalue weighted by atomic mass is 10.0. The van der Waals surface area contributed by atoms with Gasteiger partial charge < -0.3 is 15.0 Å². The lowest BCUT2D eigenvalue weighted by molar-refractivity contribution is -0.135. The lowest BCUT2D eigenvalue weighted by Gasteiger charge is -2.27. The normalized spacial score (nSPS) is 25.2. The van der Waals surface area contributed by atoms with Crippen LogP contribution in [0.5, 0.6) is 0 Å². The van der Waals surface area contributed by atoms with E-state index in [1.54, 1.807) is 0 Å². The number of carbonyl (C=O) groups excluding carboxylic acids is 1. The van der Waals surface area contributed by atoms with E-state index in [1.807, 2.05) is 4.90 Å². The maximum absolute atomic E-state index is 11.8. The second kappa shape index (κ2) is 7.09. The molecule has 2 aliphatic rings. The fourth-order valence-corrected chi connectivity index (χ4v) is 2.26. The van der Waals surface area contributed by atoms with Crippen LogP contribution in [-0.4, -0.2) is 50.2 Å². The van der Waals surface area contributed by atoms with Crippen molar-refractivity contribution in [2.75, 3.05) is 39.4 Å². The van der Waals surface area contributed by atoms with Gasteiger partial charge in [0.15, 0.2) is 0 Å².